The Labute approximate surface area is 679 Å². The Balaban J connectivity index is 1.62. The van der Waals surface area contributed by atoms with Gasteiger partial charge in [-0.15, -0.1) is 0 Å². The number of carboxylic acid groups (broad SMARTS) is 2. The molecular weight excluding hydrogens is 1520 g/mol. The van der Waals surface area contributed by atoms with Gasteiger partial charge in [-0.25, -0.2) is 0 Å². The van der Waals surface area contributed by atoms with Crippen LogP contribution < -0.4 is 82.3 Å². The fraction of sp³-hybridized carbons (Fsp3) is 0.628. The Morgan fingerprint density at radius 3 is 1.68 bits per heavy atom. The third-order valence-corrected chi connectivity index (χ3v) is 20.2. The largest absolute Gasteiger partial charge is 0.508 e. The molecule has 2 aromatic carbocycles. The number of phenolic OH excluding ortho intramolecular Hbond substituents is 2. The zero-order valence-corrected chi connectivity index (χ0v) is 67.7. The summed E-state index contributed by atoms with van der Waals surface area (Å²) in [6.45, 7) is 11.5. The number of primary amides is 1. The number of aliphatic imine (C=N–C) groups is 1. The smallest absolute Gasteiger partial charge is 0.303 e. The standard InChI is InChI=1S/C78H121N19O20/c1-42(2)37-52(89-64(105)48(81)28-30-61(101)102)66(107)90-53(39-44-20-24-46(98)25-21-44)67(108)86-49(29-31-62(103)104)65(106)91-55(41-60(82)100)68(109)87-50(15-8-10-32-79)74(115)96-36-14-19-59(96)76(117)97-58(17-12-34-85-77(83)84)71(112)88-51(16-9-11-33-80)73(114)95-35-13-18-57(95)70(111)92-54(40-45-22-26-47(99)27-23-45)69(110)94-63(78(5,6)7)72(113)93-56(75(97)116)38-43(3)4/h20-27,42-43,48-59,63,98-99H,8-19,28-41,79-81H2,1-7H3,(H2,82,100)(H,86,108)(H,87,109)(H,88,112)(H,89,105)(H,90,107)(H,91,106)(H,92,111)(H,93,113)(H,94,110)(H,101,102)(H,103,104)(H4,83,84,85)/t48-,49-,50-,51-,52-,53-,54-,55-,56-,57-,58+,59-,63+/m0/s1. The van der Waals surface area contributed by atoms with Gasteiger partial charge in [0.2, 0.25) is 70.9 Å². The molecule has 0 aliphatic carbocycles. The molecule has 3 aliphatic heterocycles. The van der Waals surface area contributed by atoms with Crippen LogP contribution in [0.3, 0.4) is 0 Å². The van der Waals surface area contributed by atoms with Crippen LogP contribution in [-0.4, -0.2) is 247 Å². The summed E-state index contributed by atoms with van der Waals surface area (Å²) in [5, 5.41) is 63.0. The number of phenols is 2. The highest BCUT2D eigenvalue weighted by Crippen LogP contribution is 2.29. The maximum absolute atomic E-state index is 16.3. The Bertz CT molecular complexity index is 3830. The first-order valence-corrected chi connectivity index (χ1v) is 39.8. The number of carbonyl (C=O) groups is 16. The van der Waals surface area contributed by atoms with Crippen molar-refractivity contribution in [1.29, 1.82) is 0 Å². The third-order valence-electron chi connectivity index (χ3n) is 20.2. The molecule has 0 radical (unpaired) electrons. The van der Waals surface area contributed by atoms with E-state index in [1.807, 2.05) is 0 Å². The number of aliphatic carboxylic acids is 2. The van der Waals surface area contributed by atoms with E-state index in [1.165, 1.54) is 53.4 Å². The first-order chi connectivity index (χ1) is 55.1. The number of imide groups is 1. The molecule has 0 aromatic heterocycles. The Morgan fingerprint density at radius 1 is 0.556 bits per heavy atom. The van der Waals surface area contributed by atoms with Gasteiger partial charge in [0.25, 0.3) is 11.8 Å². The molecule has 3 saturated heterocycles. The molecule has 0 saturated carbocycles. The molecule has 14 amide bonds. The molecule has 39 heteroatoms. The van der Waals surface area contributed by atoms with Crippen molar-refractivity contribution in [3.8, 4) is 11.5 Å². The van der Waals surface area contributed by atoms with E-state index in [9.17, 15) is 68.4 Å². The van der Waals surface area contributed by atoms with Crippen molar-refractivity contribution in [2.24, 2.45) is 56.6 Å². The quantitative estimate of drug-likeness (QED) is 0.0140. The van der Waals surface area contributed by atoms with Crippen LogP contribution in [-0.2, 0) is 89.6 Å². The zero-order chi connectivity index (χ0) is 87.1. The third kappa shape index (κ3) is 30.8. The number of rotatable bonds is 40. The molecule has 5 rings (SSSR count). The summed E-state index contributed by atoms with van der Waals surface area (Å²) >= 11 is 0. The van der Waals surface area contributed by atoms with Crippen molar-refractivity contribution in [3.05, 3.63) is 59.7 Å². The molecule has 0 unspecified atom stereocenters. The number of nitrogens with one attached hydrogen (secondary N) is 9. The van der Waals surface area contributed by atoms with Gasteiger partial charge in [-0.1, -0.05) is 72.7 Å². The number of likely N-dealkylation sites (tertiary alicyclic amines) is 1. The van der Waals surface area contributed by atoms with Crippen molar-refractivity contribution in [1.82, 2.24) is 62.6 Å². The lowest BCUT2D eigenvalue weighted by Crippen LogP contribution is -2.65. The summed E-state index contributed by atoms with van der Waals surface area (Å²) in [4.78, 5) is 239. The van der Waals surface area contributed by atoms with Crippen LogP contribution in [0, 0.1) is 17.3 Å². The molecule has 117 heavy (non-hydrogen) atoms. The van der Waals surface area contributed by atoms with Crippen LogP contribution >= 0.6 is 0 Å². The highest BCUT2D eigenvalue weighted by atomic mass is 16.4. The van der Waals surface area contributed by atoms with Crippen LogP contribution in [0.15, 0.2) is 53.5 Å². The van der Waals surface area contributed by atoms with Gasteiger partial charge in [-0.2, -0.15) is 0 Å². The predicted molar refractivity (Wildman–Crippen MR) is 426 cm³/mol. The van der Waals surface area contributed by atoms with Crippen LogP contribution in [0.25, 0.3) is 0 Å². The van der Waals surface area contributed by atoms with Gasteiger partial charge in [0.15, 0.2) is 5.96 Å². The number of amides is 14. The van der Waals surface area contributed by atoms with Crippen molar-refractivity contribution in [3.63, 3.8) is 0 Å². The Kier molecular flexibility index (Phi) is 38.4. The van der Waals surface area contributed by atoms with E-state index in [-0.39, 0.29) is 146 Å². The monoisotopic (exact) mass is 1640 g/mol. The molecular formula is C78H121N19O20. The number of carbonyl (C=O) groups excluding carboxylic acids is 14. The van der Waals surface area contributed by atoms with E-state index < -0.39 is 217 Å². The van der Waals surface area contributed by atoms with E-state index in [0.29, 0.717) is 28.9 Å². The van der Waals surface area contributed by atoms with E-state index in [1.54, 1.807) is 48.5 Å². The number of unbranched alkanes of at least 4 members (excludes halogenated alkanes) is 2. The molecule has 0 bridgehead atoms. The van der Waals surface area contributed by atoms with Crippen molar-refractivity contribution < 1.29 is 97.1 Å². The second kappa shape index (κ2) is 46.6. The first-order valence-electron chi connectivity index (χ1n) is 39.8. The Hall–Kier alpha value is -11.1. The lowest BCUT2D eigenvalue weighted by molar-refractivity contribution is -0.159. The molecule has 0 spiro atoms. The van der Waals surface area contributed by atoms with Crippen LogP contribution in [0.5, 0.6) is 11.5 Å². The Morgan fingerprint density at radius 2 is 1.09 bits per heavy atom. The number of carboxylic acids is 2. The lowest BCUT2D eigenvalue weighted by atomic mass is 9.85. The minimum Gasteiger partial charge on any atom is -0.508 e. The fourth-order valence-electron chi connectivity index (χ4n) is 14.1. The fourth-order valence-corrected chi connectivity index (χ4v) is 14.1. The van der Waals surface area contributed by atoms with Gasteiger partial charge in [-0.3, -0.25) is 86.6 Å². The SMILES string of the molecule is CC(C)C[C@H](NC(=O)[C@@H](N)CCC(=O)O)C(=O)N[C@@H](Cc1ccc(O)cc1)C(=O)N[C@@H](CCC(=O)O)C(=O)N[C@@H](CC(N)=O)C(=O)N[C@@H](CCCCN)C(=O)N1CCC[C@H]1C(=O)N1C(=O)[C@H](CC(C)C)NC(=O)[C@H](C(C)(C)C)NC(=O)[C@H](Cc2ccc(O)cc2)NC(=O)[C@@H]2CCCN2C(=O)[C@H](CCCCN)NC(=O)[C@H]1CCCN=C(N)N. The normalized spacial score (nSPS) is 20.6. The summed E-state index contributed by atoms with van der Waals surface area (Å²) in [6, 6.07) is -9.71. The van der Waals surface area contributed by atoms with Crippen LogP contribution in [0.1, 0.15) is 182 Å². The average molecular weight is 1640 g/mol. The second-order valence-electron chi connectivity index (χ2n) is 31.9. The molecule has 3 heterocycles. The zero-order valence-electron chi connectivity index (χ0n) is 67.7. The van der Waals surface area contributed by atoms with Crippen molar-refractivity contribution >= 4 is 101 Å². The highest BCUT2D eigenvalue weighted by Gasteiger charge is 2.49. The lowest BCUT2D eigenvalue weighted by Gasteiger charge is -2.38. The van der Waals surface area contributed by atoms with Gasteiger partial charge in [0.1, 0.15) is 84.0 Å². The minimum atomic E-state index is -2.02. The van der Waals surface area contributed by atoms with E-state index in [2.05, 4.69) is 52.8 Å². The minimum absolute atomic E-state index is 0.0110. The molecule has 25 N–H and O–H groups in total. The number of aromatic hydroxyl groups is 2. The molecule has 648 valence electrons. The van der Waals surface area contributed by atoms with Gasteiger partial charge >= 0.3 is 11.9 Å². The van der Waals surface area contributed by atoms with Crippen molar-refractivity contribution in [2.75, 3.05) is 32.7 Å². The summed E-state index contributed by atoms with van der Waals surface area (Å²) in [6.07, 6.45) is -3.77. The van der Waals surface area contributed by atoms with Crippen LogP contribution in [0.4, 0.5) is 0 Å². The summed E-state index contributed by atoms with van der Waals surface area (Å²) in [5.74, 6) is -18.4. The van der Waals surface area contributed by atoms with Gasteiger partial charge < -0.3 is 112 Å². The summed E-state index contributed by atoms with van der Waals surface area (Å²) in [5.41, 5.74) is 34.7. The van der Waals surface area contributed by atoms with Gasteiger partial charge in [0.05, 0.1) is 12.5 Å². The van der Waals surface area contributed by atoms with E-state index in [0.717, 1.165) is 4.90 Å². The molecule has 13 atom stereocenters. The molecule has 2 aromatic rings. The highest BCUT2D eigenvalue weighted by molar-refractivity contribution is 6.08. The number of nitrogens with two attached hydrogens (primary N) is 6. The number of benzene rings is 2. The molecule has 3 aliphatic rings. The number of guanidine groups is 1. The molecule has 39 nitrogen and oxygen atoms in total. The maximum Gasteiger partial charge on any atom is 0.303 e. The van der Waals surface area contributed by atoms with Gasteiger partial charge in [0, 0.05) is 45.3 Å². The van der Waals surface area contributed by atoms with Crippen molar-refractivity contribution in [2.45, 2.75) is 262 Å². The predicted octanol–water partition coefficient (Wildman–Crippen LogP) is -2.65. The number of hydrogen-bond acceptors (Lipinski definition) is 22. The van der Waals surface area contributed by atoms with E-state index >= 15 is 28.8 Å². The summed E-state index contributed by atoms with van der Waals surface area (Å²) < 4.78 is 0. The van der Waals surface area contributed by atoms with Gasteiger partial charge in [-0.05, 0) is 168 Å². The second-order valence-corrected chi connectivity index (χ2v) is 31.9. The number of fused-ring (bicyclic) bond motifs is 1. The number of hydrogen-bond donors (Lipinski definition) is 19. The molecule has 3 fully saturated rings. The average Bonchev–Trinajstić information content (AvgIpc) is 1.73. The van der Waals surface area contributed by atoms with E-state index in [4.69, 9.17) is 34.4 Å². The first kappa shape index (κ1) is 96.5. The maximum atomic E-state index is 16.3. The number of nitrogens with zero attached hydrogens (tertiary/aromatic N) is 4. The summed E-state index contributed by atoms with van der Waals surface area (Å²) in [7, 11) is 0. The van der Waals surface area contributed by atoms with Crippen LogP contribution in [0.2, 0.25) is 0 Å². The topological polar surface area (TPSA) is 641 Å².